The van der Waals surface area contributed by atoms with Gasteiger partial charge in [-0.25, -0.2) is 14.2 Å². The van der Waals surface area contributed by atoms with Crippen molar-refractivity contribution in [2.24, 2.45) is 0 Å². The van der Waals surface area contributed by atoms with Gasteiger partial charge in [0.1, 0.15) is 10.8 Å². The molecule has 9 heteroatoms. The standard InChI is InChI=1S/C20H12FN3O4S/c21-12-7-5-11(6-8-12)17(25)23-18-15(13-3-1-2-4-14(13)20(26)27)16(24-28-18)19-22-9-10-29-19/h1-10H,(H,23,25)(H,26,27). The third-order valence-electron chi connectivity index (χ3n) is 4.09. The molecule has 2 N–H and O–H groups in total. The highest BCUT2D eigenvalue weighted by atomic mass is 32.1. The molecule has 29 heavy (non-hydrogen) atoms. The van der Waals surface area contributed by atoms with Gasteiger partial charge in [0.05, 0.1) is 11.1 Å². The molecule has 2 aromatic carbocycles. The van der Waals surface area contributed by atoms with Crippen LogP contribution in [0.25, 0.3) is 21.8 Å². The topological polar surface area (TPSA) is 105 Å². The molecule has 0 fully saturated rings. The predicted molar refractivity (Wildman–Crippen MR) is 104 cm³/mol. The summed E-state index contributed by atoms with van der Waals surface area (Å²) in [7, 11) is 0. The SMILES string of the molecule is O=C(Nc1onc(-c2nccs2)c1-c1ccccc1C(=O)O)c1ccc(F)cc1. The van der Waals surface area contributed by atoms with Crippen molar-refractivity contribution in [1.82, 2.24) is 10.1 Å². The van der Waals surface area contributed by atoms with E-state index in [1.807, 2.05) is 0 Å². The van der Waals surface area contributed by atoms with Gasteiger partial charge in [-0.3, -0.25) is 10.1 Å². The van der Waals surface area contributed by atoms with Gasteiger partial charge in [0.25, 0.3) is 5.91 Å². The third kappa shape index (κ3) is 3.63. The monoisotopic (exact) mass is 409 g/mol. The number of hydrogen-bond acceptors (Lipinski definition) is 6. The van der Waals surface area contributed by atoms with E-state index in [2.05, 4.69) is 15.5 Å². The number of rotatable bonds is 5. The lowest BCUT2D eigenvalue weighted by Gasteiger charge is -2.08. The molecule has 0 saturated heterocycles. The van der Waals surface area contributed by atoms with E-state index in [-0.39, 0.29) is 17.0 Å². The molecule has 1 amide bonds. The number of nitrogens with zero attached hydrogens (tertiary/aromatic N) is 2. The van der Waals surface area contributed by atoms with E-state index in [4.69, 9.17) is 4.52 Å². The van der Waals surface area contributed by atoms with Crippen molar-refractivity contribution in [1.29, 1.82) is 0 Å². The zero-order chi connectivity index (χ0) is 20.4. The van der Waals surface area contributed by atoms with E-state index in [0.717, 1.165) is 12.1 Å². The largest absolute Gasteiger partial charge is 0.478 e. The number of thiazole rings is 1. The summed E-state index contributed by atoms with van der Waals surface area (Å²) < 4.78 is 18.5. The van der Waals surface area contributed by atoms with Crippen LogP contribution in [-0.2, 0) is 0 Å². The molecule has 0 aliphatic carbocycles. The quantitative estimate of drug-likeness (QED) is 0.501. The number of carbonyl (C=O) groups excluding carboxylic acids is 1. The Kier molecular flexibility index (Phi) is 4.88. The van der Waals surface area contributed by atoms with Crippen LogP contribution in [-0.4, -0.2) is 27.1 Å². The molecule has 4 aromatic rings. The Morgan fingerprint density at radius 3 is 2.55 bits per heavy atom. The van der Waals surface area contributed by atoms with Gasteiger partial charge in [0, 0.05) is 22.7 Å². The number of nitrogens with one attached hydrogen (secondary N) is 1. The molecule has 144 valence electrons. The third-order valence-corrected chi connectivity index (χ3v) is 4.87. The Bertz CT molecular complexity index is 1190. The lowest BCUT2D eigenvalue weighted by molar-refractivity contribution is 0.0697. The molecule has 2 aromatic heterocycles. The van der Waals surface area contributed by atoms with Crippen molar-refractivity contribution in [3.05, 3.63) is 77.1 Å². The van der Waals surface area contributed by atoms with Gasteiger partial charge in [0.2, 0.25) is 5.88 Å². The number of amides is 1. The molecule has 0 unspecified atom stereocenters. The molecular weight excluding hydrogens is 397 g/mol. The predicted octanol–water partition coefficient (Wildman–Crippen LogP) is 4.55. The van der Waals surface area contributed by atoms with Crippen molar-refractivity contribution in [2.75, 3.05) is 5.32 Å². The molecule has 0 atom stereocenters. The lowest BCUT2D eigenvalue weighted by atomic mass is 9.99. The van der Waals surface area contributed by atoms with Crippen LogP contribution in [0.4, 0.5) is 10.3 Å². The fraction of sp³-hybridized carbons (Fsp3) is 0. The van der Waals surface area contributed by atoms with Gasteiger partial charge in [-0.15, -0.1) is 11.3 Å². The minimum absolute atomic E-state index is 0.0192. The number of hydrogen-bond donors (Lipinski definition) is 2. The molecule has 0 spiro atoms. The number of carbonyl (C=O) groups is 2. The van der Waals surface area contributed by atoms with Crippen LogP contribution in [0, 0.1) is 5.82 Å². The number of carboxylic acid groups (broad SMARTS) is 1. The second-order valence-corrected chi connectivity index (χ2v) is 6.78. The van der Waals surface area contributed by atoms with Crippen molar-refractivity contribution in [2.45, 2.75) is 0 Å². The summed E-state index contributed by atoms with van der Waals surface area (Å²) in [5.41, 5.74) is 1.15. The Morgan fingerprint density at radius 2 is 1.86 bits per heavy atom. The Labute approximate surface area is 167 Å². The molecule has 0 bridgehead atoms. The zero-order valence-electron chi connectivity index (χ0n) is 14.6. The first-order valence-electron chi connectivity index (χ1n) is 8.33. The first kappa shape index (κ1) is 18.5. The van der Waals surface area contributed by atoms with Crippen LogP contribution in [0.1, 0.15) is 20.7 Å². The molecule has 7 nitrogen and oxygen atoms in total. The molecule has 0 aliphatic heterocycles. The first-order valence-corrected chi connectivity index (χ1v) is 9.21. The molecule has 0 saturated carbocycles. The van der Waals surface area contributed by atoms with Gasteiger partial charge in [-0.1, -0.05) is 23.4 Å². The lowest BCUT2D eigenvalue weighted by Crippen LogP contribution is -2.12. The van der Waals surface area contributed by atoms with Gasteiger partial charge in [-0.05, 0) is 30.3 Å². The van der Waals surface area contributed by atoms with Crippen LogP contribution >= 0.6 is 11.3 Å². The number of halogens is 1. The fourth-order valence-corrected chi connectivity index (χ4v) is 3.40. The van der Waals surface area contributed by atoms with E-state index in [0.29, 0.717) is 21.8 Å². The second-order valence-electron chi connectivity index (χ2n) is 5.88. The van der Waals surface area contributed by atoms with E-state index < -0.39 is 17.7 Å². The molecule has 4 rings (SSSR count). The molecule has 0 aliphatic rings. The summed E-state index contributed by atoms with van der Waals surface area (Å²) in [4.78, 5) is 28.5. The number of benzene rings is 2. The summed E-state index contributed by atoms with van der Waals surface area (Å²) >= 11 is 1.29. The van der Waals surface area contributed by atoms with E-state index >= 15 is 0 Å². The average molecular weight is 409 g/mol. The van der Waals surface area contributed by atoms with Gasteiger partial charge < -0.3 is 9.63 Å². The van der Waals surface area contributed by atoms with Crippen molar-refractivity contribution in [3.63, 3.8) is 0 Å². The van der Waals surface area contributed by atoms with Crippen molar-refractivity contribution >= 4 is 29.1 Å². The second kappa shape index (κ2) is 7.64. The Hall–Kier alpha value is -3.85. The van der Waals surface area contributed by atoms with Crippen LogP contribution in [0.5, 0.6) is 0 Å². The van der Waals surface area contributed by atoms with Gasteiger partial charge in [-0.2, -0.15) is 0 Å². The van der Waals surface area contributed by atoms with Gasteiger partial charge >= 0.3 is 5.97 Å². The summed E-state index contributed by atoms with van der Waals surface area (Å²) in [6.07, 6.45) is 1.58. The highest BCUT2D eigenvalue weighted by molar-refractivity contribution is 7.13. The summed E-state index contributed by atoms with van der Waals surface area (Å²) in [6.45, 7) is 0. The number of aromatic nitrogens is 2. The summed E-state index contributed by atoms with van der Waals surface area (Å²) in [5, 5.41) is 18.4. The normalized spacial score (nSPS) is 10.7. The summed E-state index contributed by atoms with van der Waals surface area (Å²) in [5.74, 6) is -2.19. The zero-order valence-corrected chi connectivity index (χ0v) is 15.4. The smallest absolute Gasteiger partial charge is 0.336 e. The number of anilines is 1. The maximum Gasteiger partial charge on any atom is 0.336 e. The number of carboxylic acids is 1. The van der Waals surface area contributed by atoms with Crippen LogP contribution < -0.4 is 5.32 Å². The van der Waals surface area contributed by atoms with Gasteiger partial charge in [0.15, 0.2) is 5.69 Å². The Morgan fingerprint density at radius 1 is 1.10 bits per heavy atom. The minimum atomic E-state index is -1.14. The average Bonchev–Trinajstić information content (AvgIpc) is 3.38. The first-order chi connectivity index (χ1) is 14.0. The minimum Gasteiger partial charge on any atom is -0.478 e. The van der Waals surface area contributed by atoms with Crippen LogP contribution in [0.2, 0.25) is 0 Å². The molecule has 0 radical (unpaired) electrons. The van der Waals surface area contributed by atoms with Crippen LogP contribution in [0.15, 0.2) is 64.6 Å². The maximum atomic E-state index is 13.1. The van der Waals surface area contributed by atoms with Crippen molar-refractivity contribution < 1.29 is 23.6 Å². The highest BCUT2D eigenvalue weighted by Gasteiger charge is 2.26. The Balaban J connectivity index is 1.82. The van der Waals surface area contributed by atoms with E-state index in [9.17, 15) is 19.1 Å². The van der Waals surface area contributed by atoms with E-state index in [1.165, 1.54) is 29.5 Å². The van der Waals surface area contributed by atoms with Crippen molar-refractivity contribution in [3.8, 4) is 21.8 Å². The fourth-order valence-electron chi connectivity index (χ4n) is 2.78. The summed E-state index contributed by atoms with van der Waals surface area (Å²) in [6, 6.07) is 11.3. The number of aromatic carboxylic acids is 1. The van der Waals surface area contributed by atoms with Crippen LogP contribution in [0.3, 0.4) is 0 Å². The molecular formula is C20H12FN3O4S. The highest BCUT2D eigenvalue weighted by Crippen LogP contribution is 2.40. The van der Waals surface area contributed by atoms with E-state index in [1.54, 1.807) is 29.8 Å². The maximum absolute atomic E-state index is 13.1. The molecule has 2 heterocycles.